The maximum atomic E-state index is 13.9. The topological polar surface area (TPSA) is 86.8 Å². The van der Waals surface area contributed by atoms with Crippen LogP contribution in [0.1, 0.15) is 33.3 Å². The molecule has 0 aliphatic carbocycles. The highest BCUT2D eigenvalue weighted by Crippen LogP contribution is 2.28. The molecule has 0 radical (unpaired) electrons. The lowest BCUT2D eigenvalue weighted by molar-refractivity contribution is -0.140. The molecule has 3 aromatic rings. The lowest BCUT2D eigenvalue weighted by atomic mass is 10.1. The van der Waals surface area contributed by atoms with Crippen molar-refractivity contribution in [2.45, 2.75) is 50.7 Å². The Kier molecular flexibility index (Phi) is 10.1. The highest BCUT2D eigenvalue weighted by atomic mass is 79.9. The summed E-state index contributed by atoms with van der Waals surface area (Å²) in [5.41, 5.74) is 0.305. The van der Waals surface area contributed by atoms with Crippen LogP contribution >= 0.6 is 39.1 Å². The summed E-state index contributed by atoms with van der Waals surface area (Å²) in [4.78, 5) is 28.5. The minimum atomic E-state index is -4.14. The van der Waals surface area contributed by atoms with E-state index in [0.717, 1.165) is 4.31 Å². The van der Waals surface area contributed by atoms with E-state index in [2.05, 4.69) is 21.2 Å². The van der Waals surface area contributed by atoms with Gasteiger partial charge in [-0.1, -0.05) is 69.5 Å². The van der Waals surface area contributed by atoms with E-state index in [4.69, 9.17) is 23.2 Å². The van der Waals surface area contributed by atoms with Crippen LogP contribution in [0.3, 0.4) is 0 Å². The van der Waals surface area contributed by atoms with E-state index in [-0.39, 0.29) is 23.0 Å². The zero-order valence-electron chi connectivity index (χ0n) is 22.0. The van der Waals surface area contributed by atoms with Gasteiger partial charge in [0, 0.05) is 26.6 Å². The second kappa shape index (κ2) is 12.7. The largest absolute Gasteiger partial charge is 0.350 e. The predicted octanol–water partition coefficient (Wildman–Crippen LogP) is 6.28. The van der Waals surface area contributed by atoms with Crippen molar-refractivity contribution >= 4 is 66.7 Å². The number of carbonyl (C=O) groups is 2. The number of halogens is 3. The smallest absolute Gasteiger partial charge is 0.264 e. The number of hydrogen-bond acceptors (Lipinski definition) is 4. The molecule has 0 fully saturated rings. The first-order valence-electron chi connectivity index (χ1n) is 12.1. The van der Waals surface area contributed by atoms with Crippen molar-refractivity contribution in [1.82, 2.24) is 10.2 Å². The Bertz CT molecular complexity index is 1450. The third-order valence-electron chi connectivity index (χ3n) is 5.73. The first-order chi connectivity index (χ1) is 18.2. The summed E-state index contributed by atoms with van der Waals surface area (Å²) in [6, 6.07) is 18.5. The van der Waals surface area contributed by atoms with Gasteiger partial charge in [-0.05, 0) is 75.7 Å². The van der Waals surface area contributed by atoms with Gasteiger partial charge < -0.3 is 10.2 Å². The van der Waals surface area contributed by atoms with E-state index in [1.807, 2.05) is 20.8 Å². The summed E-state index contributed by atoms with van der Waals surface area (Å²) in [6.07, 6.45) is 0. The Hall–Kier alpha value is -2.59. The van der Waals surface area contributed by atoms with Gasteiger partial charge in [0.2, 0.25) is 11.8 Å². The van der Waals surface area contributed by atoms with Gasteiger partial charge in [-0.3, -0.25) is 13.9 Å². The molecule has 3 aromatic carbocycles. The van der Waals surface area contributed by atoms with Crippen LogP contribution in [0.15, 0.2) is 82.2 Å². The summed E-state index contributed by atoms with van der Waals surface area (Å²) >= 11 is 15.8. The van der Waals surface area contributed by atoms with Crippen LogP contribution in [0.5, 0.6) is 0 Å². The van der Waals surface area contributed by atoms with E-state index in [1.54, 1.807) is 67.6 Å². The number of carbonyl (C=O) groups excluding carboxylic acids is 2. The first kappa shape index (κ1) is 30.9. The number of anilines is 1. The number of nitrogens with zero attached hydrogens (tertiary/aromatic N) is 2. The molecule has 0 bridgehead atoms. The van der Waals surface area contributed by atoms with Crippen LogP contribution in [0.25, 0.3) is 0 Å². The fraction of sp³-hybridized carbons (Fsp3) is 0.286. The van der Waals surface area contributed by atoms with E-state index in [9.17, 15) is 18.0 Å². The molecule has 0 spiro atoms. The molecule has 2 amide bonds. The molecule has 0 heterocycles. The fourth-order valence-corrected chi connectivity index (χ4v) is 6.05. The molecule has 1 unspecified atom stereocenters. The standard InChI is InChI=1S/C28H30BrCl2N3O4S/c1-19(27(36)32-28(2,3)4)33(17-20-13-14-22(30)16-25(20)31)26(35)18-34(23-10-8-9-21(29)15-23)39(37,38)24-11-6-5-7-12-24/h5-16,19H,17-18H2,1-4H3,(H,32,36). The molecule has 3 rings (SSSR count). The maximum absolute atomic E-state index is 13.9. The van der Waals surface area contributed by atoms with E-state index in [1.165, 1.54) is 17.0 Å². The van der Waals surface area contributed by atoms with Crippen molar-refractivity contribution in [3.63, 3.8) is 0 Å². The molecule has 0 saturated carbocycles. The van der Waals surface area contributed by atoms with Crippen molar-refractivity contribution in [1.29, 1.82) is 0 Å². The SMILES string of the molecule is CC(C(=O)NC(C)(C)C)N(Cc1ccc(Cl)cc1Cl)C(=O)CN(c1cccc(Br)c1)S(=O)(=O)c1ccccc1. The van der Waals surface area contributed by atoms with Crippen LogP contribution in [0.4, 0.5) is 5.69 Å². The summed E-state index contributed by atoms with van der Waals surface area (Å²) < 4.78 is 29.2. The number of benzene rings is 3. The number of sulfonamides is 1. The van der Waals surface area contributed by atoms with Crippen molar-refractivity contribution in [2.24, 2.45) is 0 Å². The number of amides is 2. The second-order valence-electron chi connectivity index (χ2n) is 9.98. The molecule has 1 atom stereocenters. The Labute approximate surface area is 248 Å². The Morgan fingerprint density at radius 2 is 1.64 bits per heavy atom. The molecule has 0 aliphatic heterocycles. The fourth-order valence-electron chi connectivity index (χ4n) is 3.77. The van der Waals surface area contributed by atoms with Crippen molar-refractivity contribution in [3.8, 4) is 0 Å². The van der Waals surface area contributed by atoms with Crippen LogP contribution in [0.2, 0.25) is 10.0 Å². The first-order valence-corrected chi connectivity index (χ1v) is 15.1. The van der Waals surface area contributed by atoms with Gasteiger partial charge in [0.05, 0.1) is 10.6 Å². The van der Waals surface area contributed by atoms with Gasteiger partial charge in [-0.25, -0.2) is 8.42 Å². The van der Waals surface area contributed by atoms with Gasteiger partial charge in [0.25, 0.3) is 10.0 Å². The van der Waals surface area contributed by atoms with E-state index in [0.29, 0.717) is 20.1 Å². The number of hydrogen-bond donors (Lipinski definition) is 1. The van der Waals surface area contributed by atoms with Gasteiger partial charge >= 0.3 is 0 Å². The summed E-state index contributed by atoms with van der Waals surface area (Å²) in [5.74, 6) is -0.974. The third-order valence-corrected chi connectivity index (χ3v) is 8.60. The lowest BCUT2D eigenvalue weighted by Crippen LogP contribution is -2.54. The molecule has 1 N–H and O–H groups in total. The number of nitrogens with one attached hydrogen (secondary N) is 1. The molecule has 208 valence electrons. The average Bonchev–Trinajstić information content (AvgIpc) is 2.85. The van der Waals surface area contributed by atoms with Crippen molar-refractivity contribution in [2.75, 3.05) is 10.8 Å². The normalized spacial score (nSPS) is 12.5. The summed E-state index contributed by atoms with van der Waals surface area (Å²) in [7, 11) is -4.14. The highest BCUT2D eigenvalue weighted by molar-refractivity contribution is 9.10. The highest BCUT2D eigenvalue weighted by Gasteiger charge is 2.33. The molecule has 39 heavy (non-hydrogen) atoms. The van der Waals surface area contributed by atoms with Gasteiger partial charge in [-0.2, -0.15) is 0 Å². The van der Waals surface area contributed by atoms with Crippen LogP contribution in [0, 0.1) is 0 Å². The molecule has 0 saturated heterocycles. The molecular formula is C28H30BrCl2N3O4S. The molecule has 0 aliphatic rings. The Morgan fingerprint density at radius 1 is 0.974 bits per heavy atom. The third kappa shape index (κ3) is 8.20. The molecular weight excluding hydrogens is 625 g/mol. The zero-order chi connectivity index (χ0) is 29.0. The summed E-state index contributed by atoms with van der Waals surface area (Å²) in [5, 5.41) is 3.64. The monoisotopic (exact) mass is 653 g/mol. The molecule has 7 nitrogen and oxygen atoms in total. The Morgan fingerprint density at radius 3 is 2.23 bits per heavy atom. The minimum Gasteiger partial charge on any atom is -0.350 e. The van der Waals surface area contributed by atoms with Gasteiger partial charge in [0.15, 0.2) is 0 Å². The predicted molar refractivity (Wildman–Crippen MR) is 159 cm³/mol. The van der Waals surface area contributed by atoms with Crippen LogP contribution in [-0.4, -0.2) is 43.3 Å². The lowest BCUT2D eigenvalue weighted by Gasteiger charge is -2.33. The summed E-state index contributed by atoms with van der Waals surface area (Å²) in [6.45, 7) is 6.51. The zero-order valence-corrected chi connectivity index (χ0v) is 25.9. The number of rotatable bonds is 9. The second-order valence-corrected chi connectivity index (χ2v) is 13.6. The maximum Gasteiger partial charge on any atom is 0.264 e. The van der Waals surface area contributed by atoms with Crippen molar-refractivity contribution in [3.05, 3.63) is 92.9 Å². The Balaban J connectivity index is 2.05. The van der Waals surface area contributed by atoms with E-state index >= 15 is 0 Å². The molecule has 11 heteroatoms. The van der Waals surface area contributed by atoms with Gasteiger partial charge in [-0.15, -0.1) is 0 Å². The van der Waals surface area contributed by atoms with E-state index < -0.39 is 34.1 Å². The quantitative estimate of drug-likeness (QED) is 0.294. The average molecular weight is 655 g/mol. The van der Waals surface area contributed by atoms with Crippen LogP contribution < -0.4 is 9.62 Å². The van der Waals surface area contributed by atoms with Crippen molar-refractivity contribution < 1.29 is 18.0 Å². The van der Waals surface area contributed by atoms with Gasteiger partial charge in [0.1, 0.15) is 12.6 Å². The van der Waals surface area contributed by atoms with Crippen LogP contribution in [-0.2, 0) is 26.2 Å². The minimum absolute atomic E-state index is 0.0311. The molecule has 0 aromatic heterocycles.